The van der Waals surface area contributed by atoms with Gasteiger partial charge in [0.05, 0.1) is 5.56 Å². The summed E-state index contributed by atoms with van der Waals surface area (Å²) in [5, 5.41) is 9.13. The first-order valence-corrected chi connectivity index (χ1v) is 6.74. The molecule has 0 atom stereocenters. The van der Waals surface area contributed by atoms with Crippen molar-refractivity contribution < 1.29 is 4.79 Å². The lowest BCUT2D eigenvalue weighted by atomic mass is 10.0. The third kappa shape index (κ3) is 3.01. The molecule has 3 nitrogen and oxygen atoms in total. The van der Waals surface area contributed by atoms with Gasteiger partial charge in [-0.15, -0.1) is 0 Å². The highest BCUT2D eigenvalue weighted by Crippen LogP contribution is 2.21. The molecule has 0 aliphatic heterocycles. The predicted molar refractivity (Wildman–Crippen MR) is 81.2 cm³/mol. The zero-order valence-corrected chi connectivity index (χ0v) is 12.2. The summed E-state index contributed by atoms with van der Waals surface area (Å²) in [5.41, 5.74) is 2.44. The average molecular weight is 327 g/mol. The van der Waals surface area contributed by atoms with E-state index in [9.17, 15) is 4.79 Å². The Morgan fingerprint density at radius 2 is 2.20 bits per heavy atom. The Hall–Kier alpha value is -2.25. The van der Waals surface area contributed by atoms with E-state index >= 15 is 0 Å². The molecular formula is C16H11BrN2O. The van der Waals surface area contributed by atoms with Gasteiger partial charge < -0.3 is 0 Å². The van der Waals surface area contributed by atoms with E-state index in [-0.39, 0.29) is 12.2 Å². The molecule has 2 aromatic rings. The van der Waals surface area contributed by atoms with Gasteiger partial charge in [-0.2, -0.15) is 5.26 Å². The fraction of sp³-hybridized carbons (Fsp3) is 0.0625. The summed E-state index contributed by atoms with van der Waals surface area (Å²) in [6.07, 6.45) is 3.43. The number of Topliss-reactive ketones (excluding diaryl/α,β-unsaturated/α-hetero) is 1. The first kappa shape index (κ1) is 14.2. The van der Waals surface area contributed by atoms with E-state index in [1.807, 2.05) is 6.07 Å². The van der Waals surface area contributed by atoms with Crippen molar-refractivity contribution in [2.24, 2.45) is 0 Å². The molecular weight excluding hydrogens is 316 g/mol. The molecule has 0 saturated carbocycles. The van der Waals surface area contributed by atoms with Gasteiger partial charge in [0.1, 0.15) is 11.8 Å². The van der Waals surface area contributed by atoms with E-state index in [0.29, 0.717) is 21.3 Å². The third-order valence-corrected chi connectivity index (χ3v) is 3.53. The van der Waals surface area contributed by atoms with Gasteiger partial charge in [-0.25, -0.2) is 0 Å². The Morgan fingerprint density at radius 3 is 2.80 bits per heavy atom. The highest BCUT2D eigenvalue weighted by atomic mass is 79.9. The van der Waals surface area contributed by atoms with Crippen LogP contribution in [0.15, 0.2) is 47.6 Å². The van der Waals surface area contributed by atoms with Crippen LogP contribution in [0.1, 0.15) is 27.2 Å². The largest absolute Gasteiger partial charge is 0.292 e. The number of nitriles is 1. The van der Waals surface area contributed by atoms with E-state index < -0.39 is 0 Å². The van der Waals surface area contributed by atoms with Crippen molar-refractivity contribution in [2.75, 3.05) is 0 Å². The summed E-state index contributed by atoms with van der Waals surface area (Å²) >= 11 is 3.31. The fourth-order valence-electron chi connectivity index (χ4n) is 1.80. The molecule has 4 heteroatoms. The summed E-state index contributed by atoms with van der Waals surface area (Å²) in [6, 6.07) is 10.9. The Labute approximate surface area is 125 Å². The summed E-state index contributed by atoms with van der Waals surface area (Å²) in [4.78, 5) is 16.3. The number of halogens is 1. The predicted octanol–water partition coefficient (Wildman–Crippen LogP) is 3.78. The van der Waals surface area contributed by atoms with Crippen LogP contribution in [-0.4, -0.2) is 10.8 Å². The van der Waals surface area contributed by atoms with Crippen LogP contribution in [0.25, 0.3) is 6.08 Å². The third-order valence-electron chi connectivity index (χ3n) is 2.87. The van der Waals surface area contributed by atoms with Crippen molar-refractivity contribution >= 4 is 27.8 Å². The molecule has 1 aromatic carbocycles. The Kier molecular flexibility index (Phi) is 4.44. The number of benzene rings is 1. The summed E-state index contributed by atoms with van der Waals surface area (Å²) in [5.74, 6) is -0.116. The first-order valence-electron chi connectivity index (χ1n) is 5.95. The lowest BCUT2D eigenvalue weighted by Crippen LogP contribution is -2.07. The van der Waals surface area contributed by atoms with Crippen LogP contribution in [0.5, 0.6) is 0 Å². The standard InChI is InChI=1S/C16H11BrN2O/c1-2-11-6-7-15(19-10-11)16(20)8-12-4-3-5-14(17)13(12)9-18/h2-7,10H,1,8H2. The van der Waals surface area contributed by atoms with Crippen molar-refractivity contribution in [3.8, 4) is 6.07 Å². The van der Waals surface area contributed by atoms with Crippen molar-refractivity contribution in [1.82, 2.24) is 4.98 Å². The van der Waals surface area contributed by atoms with E-state index in [1.165, 1.54) is 0 Å². The number of nitrogens with zero attached hydrogens (tertiary/aromatic N) is 2. The molecule has 0 saturated heterocycles. The zero-order valence-electron chi connectivity index (χ0n) is 10.6. The maximum absolute atomic E-state index is 12.2. The molecule has 0 unspecified atom stereocenters. The van der Waals surface area contributed by atoms with Crippen LogP contribution in [0.3, 0.4) is 0 Å². The van der Waals surface area contributed by atoms with Crippen molar-refractivity contribution in [3.63, 3.8) is 0 Å². The molecule has 1 heterocycles. The molecule has 0 fully saturated rings. The Morgan fingerprint density at radius 1 is 1.40 bits per heavy atom. The number of carbonyl (C=O) groups is 1. The van der Waals surface area contributed by atoms with Crippen LogP contribution < -0.4 is 0 Å². The number of rotatable bonds is 4. The minimum atomic E-state index is -0.116. The molecule has 1 aromatic heterocycles. The number of pyridine rings is 1. The summed E-state index contributed by atoms with van der Waals surface area (Å²) < 4.78 is 0.695. The molecule has 0 aliphatic rings. The SMILES string of the molecule is C=Cc1ccc(C(=O)Cc2cccc(Br)c2C#N)nc1. The second-order valence-electron chi connectivity index (χ2n) is 4.17. The van der Waals surface area contributed by atoms with Gasteiger partial charge in [0.15, 0.2) is 5.78 Å². The molecule has 2 rings (SSSR count). The number of ketones is 1. The monoisotopic (exact) mass is 326 g/mol. The lowest BCUT2D eigenvalue weighted by Gasteiger charge is -2.05. The minimum absolute atomic E-state index is 0.116. The number of aromatic nitrogens is 1. The van der Waals surface area contributed by atoms with Crippen molar-refractivity contribution in [2.45, 2.75) is 6.42 Å². The second kappa shape index (κ2) is 6.27. The van der Waals surface area contributed by atoms with Crippen LogP contribution in [0, 0.1) is 11.3 Å². The molecule has 20 heavy (non-hydrogen) atoms. The smallest absolute Gasteiger partial charge is 0.185 e. The number of carbonyl (C=O) groups excluding carboxylic acids is 1. The van der Waals surface area contributed by atoms with Gasteiger partial charge in [-0.05, 0) is 39.2 Å². The van der Waals surface area contributed by atoms with E-state index in [4.69, 9.17) is 5.26 Å². The summed E-state index contributed by atoms with van der Waals surface area (Å²) in [7, 11) is 0. The maximum atomic E-state index is 12.2. The normalized spacial score (nSPS) is 9.80. The minimum Gasteiger partial charge on any atom is -0.292 e. The van der Waals surface area contributed by atoms with Crippen molar-refractivity contribution in [1.29, 1.82) is 5.26 Å². The van der Waals surface area contributed by atoms with Crippen LogP contribution >= 0.6 is 15.9 Å². The van der Waals surface area contributed by atoms with Gasteiger partial charge in [-0.1, -0.05) is 30.9 Å². The average Bonchev–Trinajstić information content (AvgIpc) is 2.47. The summed E-state index contributed by atoms with van der Waals surface area (Å²) in [6.45, 7) is 3.64. The lowest BCUT2D eigenvalue weighted by molar-refractivity contribution is 0.0988. The van der Waals surface area contributed by atoms with Gasteiger partial charge >= 0.3 is 0 Å². The van der Waals surface area contributed by atoms with Crippen molar-refractivity contribution in [3.05, 3.63) is 70.0 Å². The molecule has 0 spiro atoms. The first-order chi connectivity index (χ1) is 9.65. The molecule has 98 valence electrons. The van der Waals surface area contributed by atoms with Crippen LogP contribution in [-0.2, 0) is 6.42 Å². The van der Waals surface area contributed by atoms with Gasteiger partial charge in [0.2, 0.25) is 0 Å². The maximum Gasteiger partial charge on any atom is 0.185 e. The topological polar surface area (TPSA) is 53.8 Å². The zero-order chi connectivity index (χ0) is 14.5. The van der Waals surface area contributed by atoms with Gasteiger partial charge in [-0.3, -0.25) is 9.78 Å². The fourth-order valence-corrected chi connectivity index (χ4v) is 2.29. The van der Waals surface area contributed by atoms with E-state index in [2.05, 4.69) is 33.6 Å². The molecule has 0 bridgehead atoms. The molecule has 0 N–H and O–H groups in total. The van der Waals surface area contributed by atoms with E-state index in [1.54, 1.807) is 36.5 Å². The van der Waals surface area contributed by atoms with Crippen LogP contribution in [0.2, 0.25) is 0 Å². The van der Waals surface area contributed by atoms with Crippen LogP contribution in [0.4, 0.5) is 0 Å². The number of hydrogen-bond donors (Lipinski definition) is 0. The molecule has 0 aliphatic carbocycles. The molecule has 0 amide bonds. The van der Waals surface area contributed by atoms with Gasteiger partial charge in [0.25, 0.3) is 0 Å². The number of hydrogen-bond acceptors (Lipinski definition) is 3. The Balaban J connectivity index is 2.26. The highest BCUT2D eigenvalue weighted by Gasteiger charge is 2.13. The quantitative estimate of drug-likeness (QED) is 0.803. The second-order valence-corrected chi connectivity index (χ2v) is 5.02. The highest BCUT2D eigenvalue weighted by molar-refractivity contribution is 9.10. The Bertz CT molecular complexity index is 699. The van der Waals surface area contributed by atoms with E-state index in [0.717, 1.165) is 5.56 Å². The van der Waals surface area contributed by atoms with Gasteiger partial charge in [0, 0.05) is 17.1 Å². The molecule has 0 radical (unpaired) electrons.